The predicted octanol–water partition coefficient (Wildman–Crippen LogP) is 4.70. The second kappa shape index (κ2) is 9.01. The number of fused-ring (bicyclic) bond motifs is 5. The molecule has 2 aliphatic rings. The van der Waals surface area contributed by atoms with Crippen LogP contribution < -0.4 is 15.4 Å². The highest BCUT2D eigenvalue weighted by Gasteiger charge is 2.25. The zero-order chi connectivity index (χ0) is 23.9. The third kappa shape index (κ3) is 4.39. The molecular weight excluding hydrogens is 467 g/mol. The van der Waals surface area contributed by atoms with Crippen LogP contribution in [0.15, 0.2) is 30.3 Å². The second-order valence-corrected chi connectivity index (χ2v) is 10.2. The number of carbonyl (C=O) groups is 1. The smallest absolute Gasteiger partial charge is 0.263 e. The van der Waals surface area contributed by atoms with E-state index in [4.69, 9.17) is 4.74 Å². The summed E-state index contributed by atoms with van der Waals surface area (Å²) in [6.45, 7) is 5.06. The fraction of sp³-hybridized carbons (Fsp3) is 0.360. The molecule has 0 bridgehead atoms. The molecular formula is C25H25FN6O2S. The van der Waals surface area contributed by atoms with Crippen LogP contribution >= 0.6 is 11.3 Å². The van der Waals surface area contributed by atoms with Gasteiger partial charge in [-0.1, -0.05) is 6.42 Å². The number of nitrogens with one attached hydrogen (secondary N) is 2. The van der Waals surface area contributed by atoms with Crippen LogP contribution in [0.25, 0.3) is 21.0 Å². The van der Waals surface area contributed by atoms with Crippen molar-refractivity contribution in [2.75, 3.05) is 25.0 Å². The number of thiophene rings is 1. The van der Waals surface area contributed by atoms with E-state index in [2.05, 4.69) is 30.5 Å². The Kier molecular flexibility index (Phi) is 5.69. The van der Waals surface area contributed by atoms with Crippen molar-refractivity contribution in [2.24, 2.45) is 0 Å². The van der Waals surface area contributed by atoms with Crippen molar-refractivity contribution in [1.29, 1.82) is 0 Å². The Morgan fingerprint density at radius 1 is 1.11 bits per heavy atom. The summed E-state index contributed by atoms with van der Waals surface area (Å²) in [5.41, 5.74) is 1.56. The Balaban J connectivity index is 1.31. The number of likely N-dealkylation sites (tertiary alicyclic amines) is 1. The summed E-state index contributed by atoms with van der Waals surface area (Å²) in [5, 5.41) is 8.33. The van der Waals surface area contributed by atoms with Crippen molar-refractivity contribution in [3.63, 3.8) is 0 Å². The van der Waals surface area contributed by atoms with E-state index in [9.17, 15) is 9.18 Å². The van der Waals surface area contributed by atoms with Crippen LogP contribution in [0.5, 0.6) is 11.8 Å². The number of nitrogens with zero attached hydrogens (tertiary/aromatic N) is 4. The third-order valence-electron chi connectivity index (χ3n) is 6.41. The van der Waals surface area contributed by atoms with E-state index in [1.165, 1.54) is 23.8 Å². The van der Waals surface area contributed by atoms with E-state index in [0.29, 0.717) is 29.7 Å². The van der Waals surface area contributed by atoms with Gasteiger partial charge in [-0.15, -0.1) is 11.3 Å². The van der Waals surface area contributed by atoms with Gasteiger partial charge in [0.2, 0.25) is 17.7 Å². The molecule has 0 saturated carbocycles. The zero-order valence-electron chi connectivity index (χ0n) is 19.3. The fourth-order valence-corrected chi connectivity index (χ4v) is 5.85. The number of hydrogen-bond acceptors (Lipinski definition) is 8. The van der Waals surface area contributed by atoms with Crippen LogP contribution in [-0.4, -0.2) is 51.4 Å². The lowest BCUT2D eigenvalue weighted by molar-refractivity contribution is 0.0949. The topological polar surface area (TPSA) is 92.3 Å². The Bertz CT molecular complexity index is 1430. The van der Waals surface area contributed by atoms with Crippen molar-refractivity contribution >= 4 is 43.9 Å². The largest absolute Gasteiger partial charge is 0.420 e. The maximum Gasteiger partial charge on any atom is 0.263 e. The third-order valence-corrected chi connectivity index (χ3v) is 7.56. The first-order valence-electron chi connectivity index (χ1n) is 11.9. The molecule has 6 rings (SSSR count). The quantitative estimate of drug-likeness (QED) is 0.399. The van der Waals surface area contributed by atoms with Crippen molar-refractivity contribution in [1.82, 2.24) is 25.2 Å². The number of amides is 1. The van der Waals surface area contributed by atoms with E-state index < -0.39 is 5.95 Å². The molecule has 4 aromatic rings. The minimum atomic E-state index is -0.621. The lowest BCUT2D eigenvalue weighted by atomic mass is 10.1. The van der Waals surface area contributed by atoms with Crippen LogP contribution in [0.3, 0.4) is 0 Å². The molecule has 5 heterocycles. The summed E-state index contributed by atoms with van der Waals surface area (Å²) in [6, 6.07) is 8.76. The SMILES string of the molecule is C[C@@H]1CNc2c(sc3ccc4nc(Oc5cc(F)nc(CN6CCCCC6)n5)ccc4c23)C(=O)N1. The molecule has 1 fully saturated rings. The molecule has 180 valence electrons. The minimum Gasteiger partial charge on any atom is -0.420 e. The van der Waals surface area contributed by atoms with Gasteiger partial charge in [0.1, 0.15) is 10.7 Å². The summed E-state index contributed by atoms with van der Waals surface area (Å²) in [5.74, 6) is 0.174. The van der Waals surface area contributed by atoms with Gasteiger partial charge in [-0.05, 0) is 51.1 Å². The van der Waals surface area contributed by atoms with Gasteiger partial charge in [0.15, 0.2) is 0 Å². The first kappa shape index (κ1) is 22.1. The van der Waals surface area contributed by atoms with Gasteiger partial charge in [0, 0.05) is 34.1 Å². The first-order chi connectivity index (χ1) is 17.0. The van der Waals surface area contributed by atoms with Gasteiger partial charge in [0.05, 0.1) is 23.8 Å². The summed E-state index contributed by atoms with van der Waals surface area (Å²) in [6.07, 6.45) is 3.50. The Hall–Kier alpha value is -3.37. The van der Waals surface area contributed by atoms with Crippen molar-refractivity contribution in [3.05, 3.63) is 47.0 Å². The Morgan fingerprint density at radius 3 is 2.83 bits per heavy atom. The minimum absolute atomic E-state index is 0.0401. The van der Waals surface area contributed by atoms with Crippen molar-refractivity contribution < 1.29 is 13.9 Å². The number of benzene rings is 1. The first-order valence-corrected chi connectivity index (χ1v) is 12.7. The molecule has 1 aromatic carbocycles. The number of carbonyl (C=O) groups excluding carboxylic acids is 1. The normalized spacial score (nSPS) is 18.7. The highest BCUT2D eigenvalue weighted by Crippen LogP contribution is 2.41. The number of rotatable bonds is 4. The van der Waals surface area contributed by atoms with Crippen molar-refractivity contribution in [3.8, 4) is 11.8 Å². The van der Waals surface area contributed by atoms with Gasteiger partial charge in [-0.3, -0.25) is 9.69 Å². The average Bonchev–Trinajstić information content (AvgIpc) is 3.15. The molecule has 1 amide bonds. The number of ether oxygens (including phenoxy) is 1. The zero-order valence-corrected chi connectivity index (χ0v) is 20.1. The van der Waals surface area contributed by atoms with Crippen LogP contribution in [0.1, 0.15) is 41.7 Å². The number of hydrogen-bond donors (Lipinski definition) is 2. The maximum absolute atomic E-state index is 14.2. The van der Waals surface area contributed by atoms with E-state index in [-0.39, 0.29) is 17.8 Å². The van der Waals surface area contributed by atoms with Crippen LogP contribution in [-0.2, 0) is 6.54 Å². The molecule has 0 radical (unpaired) electrons. The van der Waals surface area contributed by atoms with Gasteiger partial charge < -0.3 is 15.4 Å². The van der Waals surface area contributed by atoms with Gasteiger partial charge >= 0.3 is 0 Å². The molecule has 8 nitrogen and oxygen atoms in total. The van der Waals surface area contributed by atoms with Gasteiger partial charge in [-0.25, -0.2) is 9.97 Å². The van der Waals surface area contributed by atoms with Crippen LogP contribution in [0.4, 0.5) is 10.1 Å². The summed E-state index contributed by atoms with van der Waals surface area (Å²) in [7, 11) is 0. The Morgan fingerprint density at radius 2 is 1.97 bits per heavy atom. The maximum atomic E-state index is 14.2. The van der Waals surface area contributed by atoms with Gasteiger partial charge in [0.25, 0.3) is 5.91 Å². The van der Waals surface area contributed by atoms with Crippen LogP contribution in [0, 0.1) is 5.95 Å². The number of piperidine rings is 1. The molecule has 0 aliphatic carbocycles. The summed E-state index contributed by atoms with van der Waals surface area (Å²) in [4.78, 5) is 28.6. The highest BCUT2D eigenvalue weighted by atomic mass is 32.1. The summed E-state index contributed by atoms with van der Waals surface area (Å²) < 4.78 is 21.1. The number of halogens is 1. The average molecular weight is 493 g/mol. The monoisotopic (exact) mass is 492 g/mol. The lowest BCUT2D eigenvalue weighted by Gasteiger charge is -2.25. The standard InChI is InChI=1S/C25H25FN6O2S/c1-14-12-27-23-22-15-5-8-20(29-16(15)6-7-17(22)35-24(23)25(33)28-14)34-21-11-18(26)30-19(31-21)13-32-9-3-2-4-10-32/h5-8,11,14,27H,2-4,9-10,12-13H2,1H3,(H,28,33)/t14-/m1/s1. The number of anilines is 1. The second-order valence-electron chi connectivity index (χ2n) is 9.10. The summed E-state index contributed by atoms with van der Waals surface area (Å²) >= 11 is 1.47. The molecule has 10 heteroatoms. The van der Waals surface area contributed by atoms with E-state index in [1.807, 2.05) is 25.1 Å². The molecule has 1 atom stereocenters. The highest BCUT2D eigenvalue weighted by molar-refractivity contribution is 7.21. The molecule has 0 spiro atoms. The number of aromatic nitrogens is 3. The van der Waals surface area contributed by atoms with E-state index in [0.717, 1.165) is 52.6 Å². The predicted molar refractivity (Wildman–Crippen MR) is 134 cm³/mol. The van der Waals surface area contributed by atoms with E-state index >= 15 is 0 Å². The molecule has 3 aromatic heterocycles. The van der Waals surface area contributed by atoms with Gasteiger partial charge in [-0.2, -0.15) is 9.37 Å². The number of pyridine rings is 1. The van der Waals surface area contributed by atoms with E-state index in [1.54, 1.807) is 6.07 Å². The lowest BCUT2D eigenvalue weighted by Crippen LogP contribution is -2.34. The molecule has 1 saturated heterocycles. The molecule has 2 N–H and O–H groups in total. The molecule has 2 aliphatic heterocycles. The molecule has 0 unspecified atom stereocenters. The Labute approximate surface area is 205 Å². The van der Waals surface area contributed by atoms with Crippen LogP contribution in [0.2, 0.25) is 0 Å². The molecule has 35 heavy (non-hydrogen) atoms. The van der Waals surface area contributed by atoms with Crippen molar-refractivity contribution in [2.45, 2.75) is 38.8 Å². The fourth-order valence-electron chi connectivity index (χ4n) is 4.75.